The second-order valence-corrected chi connectivity index (χ2v) is 6.02. The van der Waals surface area contributed by atoms with Gasteiger partial charge in [-0.3, -0.25) is 18.8 Å². The fourth-order valence-electron chi connectivity index (χ4n) is 2.79. The van der Waals surface area contributed by atoms with Crippen LogP contribution >= 0.6 is 0 Å². The molecule has 130 valence electrons. The number of nitrogens with zero attached hydrogens (tertiary/aromatic N) is 5. The third-order valence-corrected chi connectivity index (χ3v) is 4.38. The van der Waals surface area contributed by atoms with Gasteiger partial charge >= 0.3 is 0 Å². The molecule has 0 aliphatic heterocycles. The van der Waals surface area contributed by atoms with Crippen molar-refractivity contribution >= 4 is 16.9 Å². The van der Waals surface area contributed by atoms with E-state index >= 15 is 0 Å². The first-order chi connectivity index (χ1) is 12.0. The first kappa shape index (κ1) is 16.9. The minimum Gasteiger partial charge on any atom is -0.337 e. The van der Waals surface area contributed by atoms with E-state index in [0.717, 1.165) is 11.1 Å². The minimum absolute atomic E-state index is 0.0314. The lowest BCUT2D eigenvalue weighted by Gasteiger charge is -2.22. The molecule has 3 rings (SSSR count). The van der Waals surface area contributed by atoms with Gasteiger partial charge in [-0.25, -0.2) is 4.98 Å². The monoisotopic (exact) mass is 339 g/mol. The van der Waals surface area contributed by atoms with Crippen molar-refractivity contribution in [3.8, 4) is 0 Å². The Morgan fingerprint density at radius 1 is 1.28 bits per heavy atom. The Morgan fingerprint density at radius 2 is 2.04 bits per heavy atom. The summed E-state index contributed by atoms with van der Waals surface area (Å²) in [6.45, 7) is 5.03. The van der Waals surface area contributed by atoms with Crippen LogP contribution in [0.1, 0.15) is 18.1 Å². The van der Waals surface area contributed by atoms with Crippen molar-refractivity contribution in [2.24, 2.45) is 7.05 Å². The summed E-state index contributed by atoms with van der Waals surface area (Å²) in [4.78, 5) is 31.1. The van der Waals surface area contributed by atoms with E-state index in [1.165, 1.54) is 17.1 Å². The zero-order chi connectivity index (χ0) is 18.0. The Hall–Kier alpha value is -2.96. The number of aryl methyl sites for hydroxylation is 2. The van der Waals surface area contributed by atoms with Gasteiger partial charge < -0.3 is 4.90 Å². The Balaban J connectivity index is 1.82. The number of likely N-dealkylation sites (N-methyl/N-ethyl adjacent to an activating group) is 1. The molecule has 1 amide bonds. The standard InChI is InChI=1S/C18H21N5O2/c1-4-22(10-14-8-6-5-7-13(14)2)16(24)11-23-12-19-17-15(18(23)25)9-20-21(17)3/h5-9,12H,4,10-11H2,1-3H3. The van der Waals surface area contributed by atoms with E-state index in [-0.39, 0.29) is 18.0 Å². The summed E-state index contributed by atoms with van der Waals surface area (Å²) < 4.78 is 2.88. The van der Waals surface area contributed by atoms with Crippen LogP contribution in [0.15, 0.2) is 41.6 Å². The molecule has 0 fully saturated rings. The predicted octanol–water partition coefficient (Wildman–Crippen LogP) is 1.49. The minimum atomic E-state index is -0.251. The van der Waals surface area contributed by atoms with Gasteiger partial charge in [0.25, 0.3) is 5.56 Å². The molecule has 7 heteroatoms. The third-order valence-electron chi connectivity index (χ3n) is 4.38. The van der Waals surface area contributed by atoms with Crippen LogP contribution in [0.2, 0.25) is 0 Å². The van der Waals surface area contributed by atoms with E-state index in [2.05, 4.69) is 10.1 Å². The van der Waals surface area contributed by atoms with Crippen molar-refractivity contribution in [3.63, 3.8) is 0 Å². The summed E-state index contributed by atoms with van der Waals surface area (Å²) >= 11 is 0. The van der Waals surface area contributed by atoms with Crippen LogP contribution in [-0.2, 0) is 24.9 Å². The lowest BCUT2D eigenvalue weighted by atomic mass is 10.1. The zero-order valence-electron chi connectivity index (χ0n) is 14.6. The van der Waals surface area contributed by atoms with Gasteiger partial charge in [0.1, 0.15) is 18.3 Å². The van der Waals surface area contributed by atoms with Gasteiger partial charge in [-0.2, -0.15) is 5.10 Å². The van der Waals surface area contributed by atoms with Crippen LogP contribution in [-0.4, -0.2) is 36.7 Å². The number of rotatable bonds is 5. The fraction of sp³-hybridized carbons (Fsp3) is 0.333. The lowest BCUT2D eigenvalue weighted by Crippen LogP contribution is -2.36. The van der Waals surface area contributed by atoms with Crippen molar-refractivity contribution in [2.45, 2.75) is 26.9 Å². The molecule has 0 atom stereocenters. The largest absolute Gasteiger partial charge is 0.337 e. The number of benzene rings is 1. The molecule has 0 saturated heterocycles. The maximum Gasteiger partial charge on any atom is 0.264 e. The van der Waals surface area contributed by atoms with Crippen LogP contribution in [0.4, 0.5) is 0 Å². The van der Waals surface area contributed by atoms with Crippen molar-refractivity contribution < 1.29 is 4.79 Å². The summed E-state index contributed by atoms with van der Waals surface area (Å²) in [5.74, 6) is -0.113. The summed E-state index contributed by atoms with van der Waals surface area (Å²) in [5, 5.41) is 4.46. The van der Waals surface area contributed by atoms with E-state index in [1.807, 2.05) is 38.1 Å². The van der Waals surface area contributed by atoms with E-state index in [1.54, 1.807) is 16.6 Å². The van der Waals surface area contributed by atoms with Gasteiger partial charge in [0.2, 0.25) is 5.91 Å². The number of hydrogen-bond donors (Lipinski definition) is 0. The number of carbonyl (C=O) groups excluding carboxylic acids is 1. The Kier molecular flexibility index (Phi) is 4.65. The summed E-state index contributed by atoms with van der Waals surface area (Å²) in [7, 11) is 1.73. The molecule has 0 unspecified atom stereocenters. The highest BCUT2D eigenvalue weighted by Crippen LogP contribution is 2.11. The van der Waals surface area contributed by atoms with Crippen LogP contribution < -0.4 is 5.56 Å². The molecule has 2 aromatic heterocycles. The van der Waals surface area contributed by atoms with Gasteiger partial charge in [0, 0.05) is 20.1 Å². The van der Waals surface area contributed by atoms with E-state index in [9.17, 15) is 9.59 Å². The normalized spacial score (nSPS) is 11.0. The quantitative estimate of drug-likeness (QED) is 0.706. The number of aromatic nitrogens is 4. The van der Waals surface area contributed by atoms with Crippen molar-refractivity contribution in [1.29, 1.82) is 0 Å². The highest BCUT2D eigenvalue weighted by Gasteiger charge is 2.16. The van der Waals surface area contributed by atoms with E-state index in [0.29, 0.717) is 24.1 Å². The van der Waals surface area contributed by atoms with E-state index in [4.69, 9.17) is 0 Å². The highest BCUT2D eigenvalue weighted by molar-refractivity contribution is 5.77. The van der Waals surface area contributed by atoms with Crippen molar-refractivity contribution in [2.75, 3.05) is 6.54 Å². The Bertz CT molecular complexity index is 973. The molecule has 2 heterocycles. The molecule has 0 radical (unpaired) electrons. The molecule has 3 aromatic rings. The van der Waals surface area contributed by atoms with Crippen LogP contribution in [0, 0.1) is 6.92 Å². The SMILES string of the molecule is CCN(Cc1ccccc1C)C(=O)Cn1cnc2c(cnn2C)c1=O. The molecule has 25 heavy (non-hydrogen) atoms. The van der Waals surface area contributed by atoms with Gasteiger partial charge in [0.05, 0.1) is 6.20 Å². The molecule has 0 aliphatic rings. The second kappa shape index (κ2) is 6.88. The molecule has 0 bridgehead atoms. The first-order valence-electron chi connectivity index (χ1n) is 8.20. The molecule has 0 N–H and O–H groups in total. The summed E-state index contributed by atoms with van der Waals surface area (Å²) in [6.07, 6.45) is 2.89. The molecule has 0 spiro atoms. The van der Waals surface area contributed by atoms with Gasteiger partial charge in [0.15, 0.2) is 5.65 Å². The molecular weight excluding hydrogens is 318 g/mol. The smallest absolute Gasteiger partial charge is 0.264 e. The first-order valence-corrected chi connectivity index (χ1v) is 8.20. The topological polar surface area (TPSA) is 73.0 Å². The van der Waals surface area contributed by atoms with Crippen molar-refractivity contribution in [3.05, 3.63) is 58.3 Å². The molecule has 0 aliphatic carbocycles. The maximum absolute atomic E-state index is 12.7. The number of hydrogen-bond acceptors (Lipinski definition) is 4. The Morgan fingerprint density at radius 3 is 2.76 bits per heavy atom. The average molecular weight is 339 g/mol. The second-order valence-electron chi connectivity index (χ2n) is 6.02. The molecule has 7 nitrogen and oxygen atoms in total. The van der Waals surface area contributed by atoms with Gasteiger partial charge in [-0.05, 0) is 25.0 Å². The van der Waals surface area contributed by atoms with E-state index < -0.39 is 0 Å². The lowest BCUT2D eigenvalue weighted by molar-refractivity contribution is -0.132. The van der Waals surface area contributed by atoms with Crippen LogP contribution in [0.3, 0.4) is 0 Å². The van der Waals surface area contributed by atoms with Crippen LogP contribution in [0.5, 0.6) is 0 Å². The summed E-state index contributed by atoms with van der Waals surface area (Å²) in [5.41, 5.74) is 2.51. The highest BCUT2D eigenvalue weighted by atomic mass is 16.2. The van der Waals surface area contributed by atoms with Gasteiger partial charge in [-0.15, -0.1) is 0 Å². The van der Waals surface area contributed by atoms with Gasteiger partial charge in [-0.1, -0.05) is 24.3 Å². The zero-order valence-corrected chi connectivity index (χ0v) is 14.6. The molecule has 0 saturated carbocycles. The predicted molar refractivity (Wildman–Crippen MR) is 95.0 cm³/mol. The average Bonchev–Trinajstić information content (AvgIpc) is 2.98. The molecular formula is C18H21N5O2. The fourth-order valence-corrected chi connectivity index (χ4v) is 2.79. The number of carbonyl (C=O) groups is 1. The van der Waals surface area contributed by atoms with Crippen molar-refractivity contribution in [1.82, 2.24) is 24.2 Å². The van der Waals surface area contributed by atoms with Crippen LogP contribution in [0.25, 0.3) is 11.0 Å². The number of amides is 1. The third kappa shape index (κ3) is 3.31. The Labute approximate surface area is 145 Å². The maximum atomic E-state index is 12.7. The summed E-state index contributed by atoms with van der Waals surface area (Å²) in [6, 6.07) is 7.98. The molecule has 1 aromatic carbocycles. The number of fused-ring (bicyclic) bond motifs is 1.